The van der Waals surface area contributed by atoms with Crippen molar-refractivity contribution in [2.45, 2.75) is 99.0 Å². The van der Waals surface area contributed by atoms with Gasteiger partial charge in [0.05, 0.1) is 19.3 Å². The van der Waals surface area contributed by atoms with E-state index < -0.39 is 151 Å². The number of aliphatic hydroxyl groups excluding tert-OH is 9. The molecule has 54 heavy (non-hydrogen) atoms. The molecule has 3 aliphatic heterocycles. The molecule has 0 saturated carbocycles. The Morgan fingerprint density at radius 3 is 1.98 bits per heavy atom. The summed E-state index contributed by atoms with van der Waals surface area (Å²) in [5.41, 5.74) is -1.48. The summed E-state index contributed by atoms with van der Waals surface area (Å²) >= 11 is 0. The Labute approximate surface area is 303 Å². The minimum absolute atomic E-state index is 0.0758. The van der Waals surface area contributed by atoms with Crippen LogP contribution < -0.4 is 10.2 Å². The highest BCUT2D eigenvalue weighted by Crippen LogP contribution is 2.40. The molecule has 21 heteroatoms. The van der Waals surface area contributed by atoms with Gasteiger partial charge in [-0.15, -0.1) is 0 Å². The number of benzene rings is 2. The molecule has 3 aromatic rings. The van der Waals surface area contributed by atoms with Crippen LogP contribution in [0.1, 0.15) is 6.92 Å². The van der Waals surface area contributed by atoms with E-state index in [0.717, 1.165) is 24.3 Å². The van der Waals surface area contributed by atoms with E-state index >= 15 is 0 Å². The fraction of sp³-hybridized carbons (Fsp3) is 0.545. The van der Waals surface area contributed by atoms with Gasteiger partial charge in [0.2, 0.25) is 17.5 Å². The first kappa shape index (κ1) is 39.8. The lowest BCUT2D eigenvalue weighted by Gasteiger charge is -2.46. The first-order valence-electron chi connectivity index (χ1n) is 16.5. The van der Waals surface area contributed by atoms with Gasteiger partial charge in [0, 0.05) is 17.7 Å². The lowest BCUT2D eigenvalue weighted by atomic mass is 9.97. The highest BCUT2D eigenvalue weighted by atomic mass is 16.7. The number of hydrogen-bond acceptors (Lipinski definition) is 21. The van der Waals surface area contributed by atoms with Gasteiger partial charge in [-0.25, -0.2) is 0 Å². The van der Waals surface area contributed by atoms with Crippen LogP contribution in [0.5, 0.6) is 28.7 Å². The van der Waals surface area contributed by atoms with E-state index in [2.05, 4.69) is 0 Å². The largest absolute Gasteiger partial charge is 0.508 e. The first-order valence-corrected chi connectivity index (χ1v) is 16.5. The smallest absolute Gasteiger partial charge is 0.239 e. The van der Waals surface area contributed by atoms with Gasteiger partial charge in [-0.3, -0.25) is 4.79 Å². The number of phenolic OH excluding ortho intramolecular Hbond substituents is 4. The number of aromatic hydroxyl groups is 4. The quantitative estimate of drug-likeness (QED) is 0.0925. The third-order valence-electron chi connectivity index (χ3n) is 9.40. The van der Waals surface area contributed by atoms with E-state index in [1.165, 1.54) is 13.0 Å². The molecule has 3 saturated heterocycles. The molecule has 3 aliphatic rings. The molecule has 15 atom stereocenters. The Morgan fingerprint density at radius 1 is 0.667 bits per heavy atom. The SMILES string of the molecule is CC1OC(OCC2OC(Oc3c(-c4ccc(O)c(O)c4)oc4cc(O)cc(O)c4c3=O)C(O)C(O)C2O)C(O)C(OC2OC(CO)C(O)C(O)C2O)C1O. The Bertz CT molecular complexity index is 1850. The normalized spacial score (nSPS) is 37.3. The van der Waals surface area contributed by atoms with Gasteiger partial charge in [-0.1, -0.05) is 0 Å². The minimum Gasteiger partial charge on any atom is -0.508 e. The lowest BCUT2D eigenvalue weighted by Crippen LogP contribution is -2.64. The predicted octanol–water partition coefficient (Wildman–Crippen LogP) is -3.86. The standard InChI is InChI=1S/C33H40O21/c1-9-19(39)29(53-32-25(45)23(43)20(40)16(7-34)51-32)27(47)31(49-9)48-8-17-21(41)24(44)26(46)33(52-17)54-30-22(42)18-14(38)5-11(35)6-15(18)50-28(30)10-2-3-12(36)13(37)4-10/h2-6,9,16-17,19-21,23-27,29,31-41,43-47H,7-8H2,1H3. The van der Waals surface area contributed by atoms with E-state index in [1.54, 1.807) is 0 Å². The van der Waals surface area contributed by atoms with Crippen molar-refractivity contribution >= 4 is 11.0 Å². The van der Waals surface area contributed by atoms with E-state index in [0.29, 0.717) is 0 Å². The maximum absolute atomic E-state index is 13.8. The van der Waals surface area contributed by atoms with Crippen molar-refractivity contribution in [3.05, 3.63) is 40.6 Å². The predicted molar refractivity (Wildman–Crippen MR) is 173 cm³/mol. The van der Waals surface area contributed by atoms with Crippen LogP contribution in [-0.2, 0) is 23.7 Å². The molecular weight excluding hydrogens is 732 g/mol. The van der Waals surface area contributed by atoms with Crippen molar-refractivity contribution < 1.29 is 99.2 Å². The van der Waals surface area contributed by atoms with Crippen LogP contribution >= 0.6 is 0 Å². The summed E-state index contributed by atoms with van der Waals surface area (Å²) in [6.07, 6.45) is -26.0. The van der Waals surface area contributed by atoms with Crippen LogP contribution in [-0.4, -0.2) is 172 Å². The Balaban J connectivity index is 1.23. The van der Waals surface area contributed by atoms with Crippen molar-refractivity contribution in [2.24, 2.45) is 0 Å². The van der Waals surface area contributed by atoms with Crippen LogP contribution in [0, 0.1) is 0 Å². The molecule has 0 bridgehead atoms. The van der Waals surface area contributed by atoms with E-state index in [9.17, 15) is 71.2 Å². The third kappa shape index (κ3) is 7.39. The molecule has 3 fully saturated rings. The monoisotopic (exact) mass is 772 g/mol. The zero-order chi connectivity index (χ0) is 39.3. The van der Waals surface area contributed by atoms with E-state index in [-0.39, 0.29) is 11.1 Å². The molecule has 15 unspecified atom stereocenters. The molecule has 0 amide bonds. The third-order valence-corrected chi connectivity index (χ3v) is 9.40. The molecule has 4 heterocycles. The molecule has 0 spiro atoms. The van der Waals surface area contributed by atoms with Crippen LogP contribution in [0.2, 0.25) is 0 Å². The van der Waals surface area contributed by atoms with Gasteiger partial charge >= 0.3 is 0 Å². The molecule has 21 nitrogen and oxygen atoms in total. The van der Waals surface area contributed by atoms with Crippen molar-refractivity contribution in [3.8, 4) is 40.1 Å². The maximum Gasteiger partial charge on any atom is 0.239 e. The maximum atomic E-state index is 13.8. The van der Waals surface area contributed by atoms with Crippen LogP contribution in [0.25, 0.3) is 22.3 Å². The zero-order valence-corrected chi connectivity index (χ0v) is 28.0. The highest BCUT2D eigenvalue weighted by molar-refractivity contribution is 5.88. The number of fused-ring (bicyclic) bond motifs is 1. The summed E-state index contributed by atoms with van der Waals surface area (Å²) in [6, 6.07) is 5.10. The molecular formula is C33H40O21. The van der Waals surface area contributed by atoms with Gasteiger partial charge in [0.1, 0.15) is 89.6 Å². The molecule has 0 aliphatic carbocycles. The summed E-state index contributed by atoms with van der Waals surface area (Å²) in [6.45, 7) is -0.138. The summed E-state index contributed by atoms with van der Waals surface area (Å²) < 4.78 is 39.3. The topological polar surface area (TPSA) is 349 Å². The van der Waals surface area contributed by atoms with E-state index in [1.807, 2.05) is 0 Å². The van der Waals surface area contributed by atoms with Gasteiger partial charge in [-0.2, -0.15) is 0 Å². The molecule has 2 aromatic carbocycles. The molecule has 0 radical (unpaired) electrons. The number of ether oxygens (including phenoxy) is 6. The van der Waals surface area contributed by atoms with Gasteiger partial charge in [-0.05, 0) is 25.1 Å². The Kier molecular flexibility index (Phi) is 11.5. The van der Waals surface area contributed by atoms with Gasteiger partial charge < -0.3 is 99.2 Å². The Hall–Kier alpha value is -3.91. The van der Waals surface area contributed by atoms with Crippen LogP contribution in [0.3, 0.4) is 0 Å². The van der Waals surface area contributed by atoms with Crippen LogP contribution in [0.15, 0.2) is 39.5 Å². The molecule has 1 aromatic heterocycles. The fourth-order valence-corrected chi connectivity index (χ4v) is 6.32. The zero-order valence-electron chi connectivity index (χ0n) is 28.0. The minimum atomic E-state index is -2.05. The summed E-state index contributed by atoms with van der Waals surface area (Å²) in [4.78, 5) is 13.8. The van der Waals surface area contributed by atoms with Crippen molar-refractivity contribution in [3.63, 3.8) is 0 Å². The second-order valence-corrected chi connectivity index (χ2v) is 13.1. The average Bonchev–Trinajstić information content (AvgIpc) is 3.13. The summed E-state index contributed by atoms with van der Waals surface area (Å²) in [7, 11) is 0. The molecule has 6 rings (SSSR count). The highest BCUT2D eigenvalue weighted by Gasteiger charge is 2.51. The summed E-state index contributed by atoms with van der Waals surface area (Å²) in [5, 5.41) is 134. The van der Waals surface area contributed by atoms with Gasteiger partial charge in [0.25, 0.3) is 0 Å². The number of rotatable bonds is 9. The van der Waals surface area contributed by atoms with Crippen molar-refractivity contribution in [2.75, 3.05) is 13.2 Å². The average molecular weight is 773 g/mol. The van der Waals surface area contributed by atoms with Crippen molar-refractivity contribution in [1.82, 2.24) is 0 Å². The second kappa shape index (κ2) is 15.7. The van der Waals surface area contributed by atoms with Gasteiger partial charge in [0.15, 0.2) is 29.8 Å². The molecule has 298 valence electrons. The fourth-order valence-electron chi connectivity index (χ4n) is 6.32. The number of aliphatic hydroxyl groups is 9. The first-order chi connectivity index (χ1) is 25.5. The second-order valence-electron chi connectivity index (χ2n) is 13.1. The number of hydrogen-bond donors (Lipinski definition) is 13. The molecule has 13 N–H and O–H groups in total. The van der Waals surface area contributed by atoms with Crippen LogP contribution in [0.4, 0.5) is 0 Å². The van der Waals surface area contributed by atoms with E-state index in [4.69, 9.17) is 32.8 Å². The lowest BCUT2D eigenvalue weighted by molar-refractivity contribution is -0.361. The Morgan fingerprint density at radius 2 is 1.31 bits per heavy atom. The van der Waals surface area contributed by atoms with Crippen molar-refractivity contribution in [1.29, 1.82) is 0 Å². The summed E-state index contributed by atoms with van der Waals surface area (Å²) in [5.74, 6) is -3.58. The number of phenols is 4.